The summed E-state index contributed by atoms with van der Waals surface area (Å²) in [6.45, 7) is 5.79. The van der Waals surface area contributed by atoms with Gasteiger partial charge in [-0.25, -0.2) is 13.6 Å². The lowest BCUT2D eigenvalue weighted by atomic mass is 10.2. The number of nitrogens with two attached hydrogens (primary N) is 1. The second kappa shape index (κ2) is 6.83. The van der Waals surface area contributed by atoms with E-state index < -0.39 is 10.0 Å². The highest BCUT2D eigenvalue weighted by Crippen LogP contribution is 2.21. The number of hydrogen-bond donors (Lipinski definition) is 3. The molecule has 1 unspecified atom stereocenters. The molecule has 0 heterocycles. The lowest BCUT2D eigenvalue weighted by molar-refractivity contribution is -0.115. The van der Waals surface area contributed by atoms with E-state index in [4.69, 9.17) is 5.14 Å². The molecular weight excluding hydrogens is 278 g/mol. The number of benzene rings is 1. The molecule has 0 aliphatic rings. The van der Waals surface area contributed by atoms with Gasteiger partial charge in [0.25, 0.3) is 0 Å². The Kier molecular flexibility index (Phi) is 5.67. The number of sulfonamides is 1. The second-order valence-corrected chi connectivity index (χ2v) is 6.24. The summed E-state index contributed by atoms with van der Waals surface area (Å²) in [6, 6.07) is 4.85. The maximum absolute atomic E-state index is 11.8. The molecule has 0 aliphatic carbocycles. The fraction of sp³-hybridized carbons (Fsp3) is 0.462. The van der Waals surface area contributed by atoms with E-state index >= 15 is 0 Å². The molecule has 1 atom stereocenters. The molecule has 112 valence electrons. The number of carbonyl (C=O) groups excluding carboxylic acids is 1. The third kappa shape index (κ3) is 4.59. The van der Waals surface area contributed by atoms with Crippen molar-refractivity contribution in [2.24, 2.45) is 5.14 Å². The van der Waals surface area contributed by atoms with Crippen molar-refractivity contribution in [2.45, 2.75) is 38.1 Å². The molecule has 1 aromatic rings. The summed E-state index contributed by atoms with van der Waals surface area (Å²) in [5.74, 6) is -0.222. The van der Waals surface area contributed by atoms with Crippen LogP contribution in [-0.2, 0) is 14.8 Å². The first-order valence-corrected chi connectivity index (χ1v) is 7.96. The third-order valence-electron chi connectivity index (χ3n) is 3.09. The van der Waals surface area contributed by atoms with Gasteiger partial charge in [-0.3, -0.25) is 4.79 Å². The molecule has 4 N–H and O–H groups in total. The number of hydrogen-bond acceptors (Lipinski definition) is 4. The molecule has 0 saturated heterocycles. The van der Waals surface area contributed by atoms with E-state index in [1.807, 2.05) is 13.8 Å². The smallest absolute Gasteiger partial charge is 0.238 e. The first kappa shape index (κ1) is 16.6. The average Bonchev–Trinajstić information content (AvgIpc) is 2.37. The Morgan fingerprint density at radius 1 is 1.40 bits per heavy atom. The van der Waals surface area contributed by atoms with Crippen LogP contribution in [0.3, 0.4) is 0 Å². The summed E-state index contributed by atoms with van der Waals surface area (Å²) in [7, 11) is -3.79. The number of carbonyl (C=O) groups is 1. The van der Waals surface area contributed by atoms with E-state index in [0.717, 1.165) is 6.42 Å². The normalized spacial score (nSPS) is 13.0. The molecule has 0 aliphatic heterocycles. The van der Waals surface area contributed by atoms with Gasteiger partial charge >= 0.3 is 0 Å². The van der Waals surface area contributed by atoms with Gasteiger partial charge in [0.2, 0.25) is 15.9 Å². The summed E-state index contributed by atoms with van der Waals surface area (Å²) < 4.78 is 22.8. The number of anilines is 1. The van der Waals surface area contributed by atoms with Gasteiger partial charge in [-0.05, 0) is 38.0 Å². The number of amides is 1. The van der Waals surface area contributed by atoms with Gasteiger partial charge in [-0.1, -0.05) is 13.0 Å². The van der Waals surface area contributed by atoms with Crippen LogP contribution in [-0.4, -0.2) is 26.9 Å². The van der Waals surface area contributed by atoms with E-state index in [1.54, 1.807) is 19.1 Å². The Morgan fingerprint density at radius 2 is 2.05 bits per heavy atom. The number of primary sulfonamides is 1. The van der Waals surface area contributed by atoms with Gasteiger partial charge in [0.1, 0.15) is 0 Å². The Balaban J connectivity index is 2.81. The van der Waals surface area contributed by atoms with E-state index in [2.05, 4.69) is 10.6 Å². The molecule has 0 radical (unpaired) electrons. The van der Waals surface area contributed by atoms with Crippen molar-refractivity contribution in [3.05, 3.63) is 23.8 Å². The van der Waals surface area contributed by atoms with Crippen molar-refractivity contribution in [1.82, 2.24) is 5.32 Å². The zero-order chi connectivity index (χ0) is 15.3. The van der Waals surface area contributed by atoms with Crippen molar-refractivity contribution in [3.8, 4) is 0 Å². The van der Waals surface area contributed by atoms with E-state index in [0.29, 0.717) is 11.3 Å². The van der Waals surface area contributed by atoms with Crippen LogP contribution in [0.4, 0.5) is 5.69 Å². The van der Waals surface area contributed by atoms with Crippen molar-refractivity contribution in [1.29, 1.82) is 0 Å². The van der Waals surface area contributed by atoms with Crippen LogP contribution in [0.5, 0.6) is 0 Å². The quantitative estimate of drug-likeness (QED) is 0.728. The van der Waals surface area contributed by atoms with E-state index in [9.17, 15) is 13.2 Å². The maximum Gasteiger partial charge on any atom is 0.238 e. The summed E-state index contributed by atoms with van der Waals surface area (Å²) in [5, 5.41) is 10.9. The summed E-state index contributed by atoms with van der Waals surface area (Å²) in [4.78, 5) is 11.8. The minimum absolute atomic E-state index is 0.0187. The first-order valence-electron chi connectivity index (χ1n) is 6.41. The van der Waals surface area contributed by atoms with E-state index in [1.165, 1.54) is 6.07 Å². The molecule has 20 heavy (non-hydrogen) atoms. The predicted molar refractivity (Wildman–Crippen MR) is 78.9 cm³/mol. The topological polar surface area (TPSA) is 101 Å². The van der Waals surface area contributed by atoms with Gasteiger partial charge in [-0.2, -0.15) is 0 Å². The van der Waals surface area contributed by atoms with Gasteiger partial charge < -0.3 is 10.6 Å². The number of nitrogens with one attached hydrogen (secondary N) is 2. The fourth-order valence-electron chi connectivity index (χ4n) is 1.66. The Labute approximate surface area is 119 Å². The van der Waals surface area contributed by atoms with Crippen molar-refractivity contribution in [2.75, 3.05) is 11.9 Å². The zero-order valence-electron chi connectivity index (χ0n) is 11.9. The molecular formula is C13H21N3O3S. The SMILES string of the molecule is CCC(C)NCC(=O)Nc1cccc(S(N)(=O)=O)c1C. The van der Waals surface area contributed by atoms with Crippen LogP contribution in [0.25, 0.3) is 0 Å². The fourth-order valence-corrected chi connectivity index (χ4v) is 2.47. The lowest BCUT2D eigenvalue weighted by Gasteiger charge is -2.13. The highest BCUT2D eigenvalue weighted by atomic mass is 32.2. The molecule has 0 bridgehead atoms. The summed E-state index contributed by atoms with van der Waals surface area (Å²) >= 11 is 0. The molecule has 1 rings (SSSR count). The molecule has 0 spiro atoms. The van der Waals surface area contributed by atoms with Crippen LogP contribution in [0.15, 0.2) is 23.1 Å². The summed E-state index contributed by atoms with van der Waals surface area (Å²) in [5.41, 5.74) is 0.888. The molecule has 1 aromatic carbocycles. The van der Waals surface area contributed by atoms with Crippen LogP contribution in [0.2, 0.25) is 0 Å². The maximum atomic E-state index is 11.8. The largest absolute Gasteiger partial charge is 0.325 e. The Bertz CT molecular complexity index is 585. The highest BCUT2D eigenvalue weighted by Gasteiger charge is 2.15. The lowest BCUT2D eigenvalue weighted by Crippen LogP contribution is -2.34. The Morgan fingerprint density at radius 3 is 2.60 bits per heavy atom. The van der Waals surface area contributed by atoms with Crippen LogP contribution in [0.1, 0.15) is 25.8 Å². The first-order chi connectivity index (χ1) is 9.25. The minimum atomic E-state index is -3.79. The standard InChI is InChI=1S/C13H21N3O3S/c1-4-9(2)15-8-13(17)16-11-6-5-7-12(10(11)3)20(14,18)19/h5-7,9,15H,4,8H2,1-3H3,(H,16,17)(H2,14,18,19). The summed E-state index contributed by atoms with van der Waals surface area (Å²) in [6.07, 6.45) is 0.924. The molecule has 0 saturated carbocycles. The average molecular weight is 299 g/mol. The van der Waals surface area contributed by atoms with Crippen LogP contribution < -0.4 is 15.8 Å². The van der Waals surface area contributed by atoms with Gasteiger partial charge in [0, 0.05) is 11.7 Å². The molecule has 7 heteroatoms. The van der Waals surface area contributed by atoms with Crippen LogP contribution >= 0.6 is 0 Å². The zero-order valence-corrected chi connectivity index (χ0v) is 12.8. The number of rotatable bonds is 6. The van der Waals surface area contributed by atoms with E-state index in [-0.39, 0.29) is 23.4 Å². The molecule has 1 amide bonds. The second-order valence-electron chi connectivity index (χ2n) is 4.71. The molecule has 0 fully saturated rings. The van der Waals surface area contributed by atoms with Crippen molar-refractivity contribution < 1.29 is 13.2 Å². The van der Waals surface area contributed by atoms with Gasteiger partial charge in [0.05, 0.1) is 11.4 Å². The monoisotopic (exact) mass is 299 g/mol. The minimum Gasteiger partial charge on any atom is -0.325 e. The van der Waals surface area contributed by atoms with Crippen LogP contribution in [0, 0.1) is 6.92 Å². The van der Waals surface area contributed by atoms with Crippen molar-refractivity contribution in [3.63, 3.8) is 0 Å². The molecule has 6 nitrogen and oxygen atoms in total. The third-order valence-corrected chi connectivity index (χ3v) is 4.14. The van der Waals surface area contributed by atoms with Crippen molar-refractivity contribution >= 4 is 21.6 Å². The highest BCUT2D eigenvalue weighted by molar-refractivity contribution is 7.89. The Hall–Kier alpha value is -1.44. The predicted octanol–water partition coefficient (Wildman–Crippen LogP) is 0.969. The van der Waals surface area contributed by atoms with Gasteiger partial charge in [0.15, 0.2) is 0 Å². The molecule has 0 aromatic heterocycles. The van der Waals surface area contributed by atoms with Gasteiger partial charge in [-0.15, -0.1) is 0 Å².